The molecule has 0 spiro atoms. The molecule has 1 saturated heterocycles. The van der Waals surface area contributed by atoms with E-state index in [0.29, 0.717) is 22.1 Å². The minimum absolute atomic E-state index is 0.269. The SMILES string of the molecule is COC(=O)C1CSC(c2ccccc2Cl)N1C(=O)c1cccc(OC)c1. The molecule has 0 bridgehead atoms. The third-order valence-electron chi connectivity index (χ3n) is 4.20. The monoisotopic (exact) mass is 391 g/mol. The summed E-state index contributed by atoms with van der Waals surface area (Å²) in [6, 6.07) is 13.5. The maximum atomic E-state index is 13.2. The number of carbonyl (C=O) groups excluding carboxylic acids is 2. The van der Waals surface area contributed by atoms with E-state index in [9.17, 15) is 9.59 Å². The van der Waals surface area contributed by atoms with Crippen LogP contribution in [-0.2, 0) is 9.53 Å². The lowest BCUT2D eigenvalue weighted by Gasteiger charge is -2.29. The highest BCUT2D eigenvalue weighted by Crippen LogP contribution is 2.44. The zero-order chi connectivity index (χ0) is 18.7. The smallest absolute Gasteiger partial charge is 0.329 e. The summed E-state index contributed by atoms with van der Waals surface area (Å²) in [4.78, 5) is 27.1. The van der Waals surface area contributed by atoms with Gasteiger partial charge in [-0.05, 0) is 24.3 Å². The van der Waals surface area contributed by atoms with E-state index in [2.05, 4.69) is 0 Å². The van der Waals surface area contributed by atoms with Gasteiger partial charge in [0.05, 0.1) is 14.2 Å². The fraction of sp³-hybridized carbons (Fsp3) is 0.263. The quantitative estimate of drug-likeness (QED) is 0.742. The van der Waals surface area contributed by atoms with Gasteiger partial charge >= 0.3 is 5.97 Å². The molecule has 5 nitrogen and oxygen atoms in total. The van der Waals surface area contributed by atoms with Gasteiger partial charge in [-0.1, -0.05) is 35.9 Å². The Labute approximate surface area is 161 Å². The first-order valence-corrected chi connectivity index (χ1v) is 9.40. The van der Waals surface area contributed by atoms with Crippen LogP contribution < -0.4 is 4.74 Å². The van der Waals surface area contributed by atoms with Gasteiger partial charge in [-0.3, -0.25) is 4.79 Å². The maximum Gasteiger partial charge on any atom is 0.329 e. The highest BCUT2D eigenvalue weighted by molar-refractivity contribution is 7.99. The van der Waals surface area contributed by atoms with Crippen molar-refractivity contribution in [2.75, 3.05) is 20.0 Å². The molecule has 0 aromatic heterocycles. The second-order valence-electron chi connectivity index (χ2n) is 5.69. The van der Waals surface area contributed by atoms with Crippen LogP contribution in [0.15, 0.2) is 48.5 Å². The Morgan fingerprint density at radius 3 is 2.62 bits per heavy atom. The molecular formula is C19H18ClNO4S. The molecule has 1 fully saturated rings. The Bertz CT molecular complexity index is 829. The second kappa shape index (κ2) is 8.01. The predicted octanol–water partition coefficient (Wildman–Crippen LogP) is 3.78. The van der Waals surface area contributed by atoms with Crippen molar-refractivity contribution in [2.45, 2.75) is 11.4 Å². The summed E-state index contributed by atoms with van der Waals surface area (Å²) in [6.07, 6.45) is 0. The third-order valence-corrected chi connectivity index (χ3v) is 5.85. The van der Waals surface area contributed by atoms with Gasteiger partial charge in [0.1, 0.15) is 17.2 Å². The van der Waals surface area contributed by atoms with Gasteiger partial charge < -0.3 is 14.4 Å². The van der Waals surface area contributed by atoms with Crippen molar-refractivity contribution in [1.29, 1.82) is 0 Å². The van der Waals surface area contributed by atoms with Crippen molar-refractivity contribution in [2.24, 2.45) is 0 Å². The topological polar surface area (TPSA) is 55.8 Å². The number of benzene rings is 2. The molecular weight excluding hydrogens is 374 g/mol. The second-order valence-corrected chi connectivity index (χ2v) is 7.21. The average molecular weight is 392 g/mol. The normalized spacial score (nSPS) is 19.3. The molecule has 0 radical (unpaired) electrons. The number of carbonyl (C=O) groups is 2. The summed E-state index contributed by atoms with van der Waals surface area (Å²) in [5, 5.41) is 0.186. The van der Waals surface area contributed by atoms with Crippen LogP contribution in [0.4, 0.5) is 0 Å². The average Bonchev–Trinajstić information content (AvgIpc) is 3.12. The van der Waals surface area contributed by atoms with Crippen LogP contribution in [0.5, 0.6) is 5.75 Å². The number of methoxy groups -OCH3 is 2. The summed E-state index contributed by atoms with van der Waals surface area (Å²) < 4.78 is 10.1. The molecule has 1 aliphatic rings. The van der Waals surface area contributed by atoms with Crippen molar-refractivity contribution in [3.8, 4) is 5.75 Å². The minimum atomic E-state index is -0.676. The molecule has 0 N–H and O–H groups in total. The summed E-state index contributed by atoms with van der Waals surface area (Å²) in [5.74, 6) is 0.308. The Kier molecular flexibility index (Phi) is 5.74. The molecule has 2 aromatic carbocycles. The van der Waals surface area contributed by atoms with Crippen molar-refractivity contribution in [3.63, 3.8) is 0 Å². The van der Waals surface area contributed by atoms with Crippen LogP contribution in [0.3, 0.4) is 0 Å². The Morgan fingerprint density at radius 2 is 1.92 bits per heavy atom. The van der Waals surface area contributed by atoms with Gasteiger partial charge in [0.25, 0.3) is 5.91 Å². The van der Waals surface area contributed by atoms with E-state index >= 15 is 0 Å². The van der Waals surface area contributed by atoms with Crippen LogP contribution in [0.1, 0.15) is 21.3 Å². The van der Waals surface area contributed by atoms with Gasteiger partial charge in [-0.2, -0.15) is 0 Å². The van der Waals surface area contributed by atoms with Crippen molar-refractivity contribution in [3.05, 3.63) is 64.7 Å². The molecule has 0 saturated carbocycles. The van der Waals surface area contributed by atoms with Crippen molar-refractivity contribution < 1.29 is 19.1 Å². The summed E-state index contributed by atoms with van der Waals surface area (Å²) in [6.45, 7) is 0. The first kappa shape index (κ1) is 18.6. The summed E-state index contributed by atoms with van der Waals surface area (Å²) in [7, 11) is 2.86. The number of hydrogen-bond acceptors (Lipinski definition) is 5. The van der Waals surface area contributed by atoms with E-state index in [1.54, 1.807) is 42.3 Å². The lowest BCUT2D eigenvalue weighted by atomic mass is 10.1. The molecule has 2 unspecified atom stereocenters. The number of hydrogen-bond donors (Lipinski definition) is 0. The van der Waals surface area contributed by atoms with E-state index in [4.69, 9.17) is 21.1 Å². The molecule has 0 aliphatic carbocycles. The fourth-order valence-electron chi connectivity index (χ4n) is 2.89. The van der Waals surface area contributed by atoms with Gasteiger partial charge in [0.15, 0.2) is 0 Å². The molecule has 1 amide bonds. The molecule has 2 aromatic rings. The number of rotatable bonds is 4. The minimum Gasteiger partial charge on any atom is -0.497 e. The zero-order valence-corrected chi connectivity index (χ0v) is 15.9. The molecule has 1 aliphatic heterocycles. The van der Waals surface area contributed by atoms with E-state index < -0.39 is 12.0 Å². The number of nitrogens with zero attached hydrogens (tertiary/aromatic N) is 1. The highest BCUT2D eigenvalue weighted by Gasteiger charge is 2.43. The first-order chi connectivity index (χ1) is 12.6. The molecule has 3 rings (SSSR count). The maximum absolute atomic E-state index is 13.2. The van der Waals surface area contributed by atoms with Crippen LogP contribution in [0.2, 0.25) is 5.02 Å². The standard InChI is InChI=1S/C19H18ClNO4S/c1-24-13-7-5-6-12(10-13)17(22)21-16(19(23)25-2)11-26-18(21)14-8-3-4-9-15(14)20/h3-10,16,18H,11H2,1-2H3. The van der Waals surface area contributed by atoms with E-state index in [1.807, 2.05) is 18.2 Å². The molecule has 2 atom stereocenters. The molecule has 26 heavy (non-hydrogen) atoms. The first-order valence-electron chi connectivity index (χ1n) is 7.97. The third kappa shape index (κ3) is 3.52. The lowest BCUT2D eigenvalue weighted by molar-refractivity contribution is -0.145. The number of halogens is 1. The Morgan fingerprint density at radius 1 is 1.15 bits per heavy atom. The highest BCUT2D eigenvalue weighted by atomic mass is 35.5. The predicted molar refractivity (Wildman–Crippen MR) is 102 cm³/mol. The largest absolute Gasteiger partial charge is 0.497 e. The van der Waals surface area contributed by atoms with Gasteiger partial charge in [-0.25, -0.2) is 4.79 Å². The van der Waals surface area contributed by atoms with Crippen LogP contribution >= 0.6 is 23.4 Å². The Balaban J connectivity index is 2.02. The van der Waals surface area contributed by atoms with Gasteiger partial charge in [-0.15, -0.1) is 11.8 Å². The van der Waals surface area contributed by atoms with Crippen LogP contribution in [0.25, 0.3) is 0 Å². The number of amides is 1. The molecule has 1 heterocycles. The molecule has 136 valence electrons. The van der Waals surface area contributed by atoms with E-state index in [0.717, 1.165) is 5.56 Å². The van der Waals surface area contributed by atoms with Crippen molar-refractivity contribution in [1.82, 2.24) is 4.90 Å². The summed E-state index contributed by atoms with van der Waals surface area (Å²) >= 11 is 7.83. The van der Waals surface area contributed by atoms with E-state index in [-0.39, 0.29) is 11.3 Å². The van der Waals surface area contributed by atoms with E-state index in [1.165, 1.54) is 18.9 Å². The van der Waals surface area contributed by atoms with Crippen LogP contribution in [-0.4, -0.2) is 42.8 Å². The Hall–Kier alpha value is -2.18. The molecule has 7 heteroatoms. The van der Waals surface area contributed by atoms with Gasteiger partial charge in [0, 0.05) is 21.9 Å². The van der Waals surface area contributed by atoms with Crippen molar-refractivity contribution >= 4 is 35.2 Å². The fourth-order valence-corrected chi connectivity index (χ4v) is 4.65. The number of esters is 1. The zero-order valence-electron chi connectivity index (χ0n) is 14.3. The van der Waals surface area contributed by atoms with Gasteiger partial charge in [0.2, 0.25) is 0 Å². The van der Waals surface area contributed by atoms with Crippen LogP contribution in [0, 0.1) is 0 Å². The number of thioether (sulfide) groups is 1. The summed E-state index contributed by atoms with van der Waals surface area (Å²) in [5.41, 5.74) is 1.24. The lowest BCUT2D eigenvalue weighted by Crippen LogP contribution is -2.43. The number of ether oxygens (including phenoxy) is 2.